The minimum Gasteiger partial charge on any atom is -0.490 e. The maximum Gasteiger partial charge on any atom is 0.311 e. The molecule has 23 heavy (non-hydrogen) atoms. The monoisotopic (exact) mass is 326 g/mol. The summed E-state index contributed by atoms with van der Waals surface area (Å²) in [4.78, 5) is 22.1. The van der Waals surface area contributed by atoms with Crippen molar-refractivity contribution in [2.75, 3.05) is 12.4 Å². The third kappa shape index (κ3) is 3.39. The van der Waals surface area contributed by atoms with Gasteiger partial charge in [-0.2, -0.15) is 0 Å². The summed E-state index contributed by atoms with van der Waals surface area (Å²) in [6.07, 6.45) is 0. The molecule has 1 amide bonds. The lowest BCUT2D eigenvalue weighted by molar-refractivity contribution is -0.385. The van der Waals surface area contributed by atoms with Crippen LogP contribution in [-0.4, -0.2) is 17.9 Å². The SMILES string of the molecule is COc1ccc(C(=O)Nc2cc(F)c(F)cc2F)cc1[N+](=O)[O-]. The predicted octanol–water partition coefficient (Wildman–Crippen LogP) is 3.27. The van der Waals surface area contributed by atoms with Crippen molar-refractivity contribution in [3.63, 3.8) is 0 Å². The maximum atomic E-state index is 13.5. The van der Waals surface area contributed by atoms with Crippen molar-refractivity contribution in [3.8, 4) is 5.75 Å². The Balaban J connectivity index is 2.33. The van der Waals surface area contributed by atoms with Gasteiger partial charge in [-0.25, -0.2) is 13.2 Å². The molecule has 1 N–H and O–H groups in total. The summed E-state index contributed by atoms with van der Waals surface area (Å²) in [5, 5.41) is 12.9. The van der Waals surface area contributed by atoms with Gasteiger partial charge in [-0.15, -0.1) is 0 Å². The van der Waals surface area contributed by atoms with Crippen molar-refractivity contribution >= 4 is 17.3 Å². The molecule has 2 rings (SSSR count). The van der Waals surface area contributed by atoms with Crippen LogP contribution in [0.2, 0.25) is 0 Å². The molecule has 120 valence electrons. The molecular weight excluding hydrogens is 317 g/mol. The number of anilines is 1. The first-order valence-corrected chi connectivity index (χ1v) is 6.11. The second-order valence-electron chi connectivity index (χ2n) is 4.34. The number of hydrogen-bond donors (Lipinski definition) is 1. The van der Waals surface area contributed by atoms with Crippen LogP contribution in [0.15, 0.2) is 30.3 Å². The van der Waals surface area contributed by atoms with Crippen molar-refractivity contribution in [3.05, 3.63) is 63.5 Å². The fourth-order valence-electron chi connectivity index (χ4n) is 1.79. The van der Waals surface area contributed by atoms with Crippen LogP contribution in [-0.2, 0) is 0 Å². The Morgan fingerprint density at radius 3 is 2.39 bits per heavy atom. The number of nitrogens with zero attached hydrogens (tertiary/aromatic N) is 1. The number of carbonyl (C=O) groups excluding carboxylic acids is 1. The summed E-state index contributed by atoms with van der Waals surface area (Å²) in [6, 6.07) is 4.07. The molecular formula is C14H9F3N2O4. The van der Waals surface area contributed by atoms with E-state index in [-0.39, 0.29) is 17.4 Å². The van der Waals surface area contributed by atoms with E-state index in [0.717, 1.165) is 6.07 Å². The molecule has 0 aliphatic heterocycles. The Hall–Kier alpha value is -3.10. The van der Waals surface area contributed by atoms with Gasteiger partial charge in [-0.3, -0.25) is 14.9 Å². The van der Waals surface area contributed by atoms with Crippen LogP contribution >= 0.6 is 0 Å². The lowest BCUT2D eigenvalue weighted by Gasteiger charge is -2.08. The van der Waals surface area contributed by atoms with Crippen molar-refractivity contribution in [1.82, 2.24) is 0 Å². The highest BCUT2D eigenvalue weighted by molar-refractivity contribution is 6.04. The number of nitro groups is 1. The van der Waals surface area contributed by atoms with Crippen LogP contribution < -0.4 is 10.1 Å². The molecule has 0 bridgehead atoms. The second kappa shape index (κ2) is 6.34. The van der Waals surface area contributed by atoms with Gasteiger partial charge in [0.2, 0.25) is 0 Å². The van der Waals surface area contributed by atoms with Gasteiger partial charge >= 0.3 is 5.69 Å². The largest absolute Gasteiger partial charge is 0.490 e. The van der Waals surface area contributed by atoms with Gasteiger partial charge in [0.15, 0.2) is 17.4 Å². The molecule has 9 heteroatoms. The average Bonchev–Trinajstić information content (AvgIpc) is 2.51. The normalized spacial score (nSPS) is 10.3. The zero-order chi connectivity index (χ0) is 17.1. The molecule has 0 aliphatic carbocycles. The van der Waals surface area contributed by atoms with Gasteiger partial charge in [-0.05, 0) is 12.1 Å². The molecule has 0 aliphatic rings. The Kier molecular flexibility index (Phi) is 4.49. The quantitative estimate of drug-likeness (QED) is 0.531. The smallest absolute Gasteiger partial charge is 0.311 e. The average molecular weight is 326 g/mol. The minimum absolute atomic E-state index is 0.0643. The Bertz CT molecular complexity index is 796. The van der Waals surface area contributed by atoms with Crippen LogP contribution in [0.3, 0.4) is 0 Å². The molecule has 0 atom stereocenters. The van der Waals surface area contributed by atoms with Crippen molar-refractivity contribution in [2.24, 2.45) is 0 Å². The van der Waals surface area contributed by atoms with Gasteiger partial charge in [0.05, 0.1) is 17.7 Å². The summed E-state index contributed by atoms with van der Waals surface area (Å²) in [5.74, 6) is -4.92. The number of nitrogens with one attached hydrogen (secondary N) is 1. The number of nitro benzene ring substituents is 1. The maximum absolute atomic E-state index is 13.5. The lowest BCUT2D eigenvalue weighted by atomic mass is 10.1. The third-order valence-electron chi connectivity index (χ3n) is 2.90. The molecule has 0 saturated carbocycles. The van der Waals surface area contributed by atoms with Gasteiger partial charge in [-0.1, -0.05) is 0 Å². The Labute approximate surface area is 127 Å². The standard InChI is InChI=1S/C14H9F3N2O4/c1-23-13-3-2-7(4-12(13)19(21)22)14(20)18-11-6-9(16)8(15)5-10(11)17/h2-6H,1H3,(H,18,20). The molecule has 0 radical (unpaired) electrons. The van der Waals surface area contributed by atoms with E-state index in [1.165, 1.54) is 19.2 Å². The van der Waals surface area contributed by atoms with E-state index in [2.05, 4.69) is 0 Å². The number of benzene rings is 2. The fourth-order valence-corrected chi connectivity index (χ4v) is 1.79. The highest BCUT2D eigenvalue weighted by Gasteiger charge is 2.19. The van der Waals surface area contributed by atoms with Crippen molar-refractivity contribution < 1.29 is 27.6 Å². The summed E-state index contributed by atoms with van der Waals surface area (Å²) in [6.45, 7) is 0. The lowest BCUT2D eigenvalue weighted by Crippen LogP contribution is -2.14. The van der Waals surface area contributed by atoms with Gasteiger partial charge in [0.25, 0.3) is 5.91 Å². The summed E-state index contributed by atoms with van der Waals surface area (Å²) >= 11 is 0. The number of amides is 1. The van der Waals surface area contributed by atoms with Crippen LogP contribution in [0, 0.1) is 27.6 Å². The number of methoxy groups -OCH3 is 1. The van der Waals surface area contributed by atoms with E-state index in [4.69, 9.17) is 4.74 Å². The number of halogens is 3. The van der Waals surface area contributed by atoms with E-state index in [1.807, 2.05) is 5.32 Å². The van der Waals surface area contributed by atoms with E-state index in [1.54, 1.807) is 0 Å². The molecule has 2 aromatic rings. The number of carbonyl (C=O) groups is 1. The highest BCUT2D eigenvalue weighted by Crippen LogP contribution is 2.28. The molecule has 0 aromatic heterocycles. The molecule has 0 spiro atoms. The van der Waals surface area contributed by atoms with E-state index < -0.39 is 39.7 Å². The van der Waals surface area contributed by atoms with Crippen LogP contribution in [0.5, 0.6) is 5.75 Å². The van der Waals surface area contributed by atoms with Gasteiger partial charge in [0, 0.05) is 23.8 Å². The molecule has 6 nitrogen and oxygen atoms in total. The van der Waals surface area contributed by atoms with Crippen LogP contribution in [0.4, 0.5) is 24.5 Å². The zero-order valence-corrected chi connectivity index (χ0v) is 11.6. The van der Waals surface area contributed by atoms with Crippen LogP contribution in [0.1, 0.15) is 10.4 Å². The minimum atomic E-state index is -1.40. The summed E-state index contributed by atoms with van der Waals surface area (Å²) in [7, 11) is 1.22. The topological polar surface area (TPSA) is 81.5 Å². The molecule has 0 unspecified atom stereocenters. The Morgan fingerprint density at radius 2 is 1.78 bits per heavy atom. The summed E-state index contributed by atoms with van der Waals surface area (Å²) < 4.78 is 44.2. The van der Waals surface area contributed by atoms with E-state index in [9.17, 15) is 28.1 Å². The number of rotatable bonds is 4. The number of ether oxygens (including phenoxy) is 1. The van der Waals surface area contributed by atoms with Gasteiger partial charge < -0.3 is 10.1 Å². The van der Waals surface area contributed by atoms with E-state index in [0.29, 0.717) is 6.07 Å². The van der Waals surface area contributed by atoms with Crippen molar-refractivity contribution in [2.45, 2.75) is 0 Å². The molecule has 0 heterocycles. The van der Waals surface area contributed by atoms with E-state index >= 15 is 0 Å². The summed E-state index contributed by atoms with van der Waals surface area (Å²) in [5.41, 5.74) is -1.24. The van der Waals surface area contributed by atoms with Gasteiger partial charge in [0.1, 0.15) is 5.82 Å². The first-order valence-electron chi connectivity index (χ1n) is 6.11. The number of hydrogen-bond acceptors (Lipinski definition) is 4. The predicted molar refractivity (Wildman–Crippen MR) is 73.9 cm³/mol. The van der Waals surface area contributed by atoms with Crippen molar-refractivity contribution in [1.29, 1.82) is 0 Å². The zero-order valence-electron chi connectivity index (χ0n) is 11.6. The second-order valence-corrected chi connectivity index (χ2v) is 4.34. The first kappa shape index (κ1) is 16.3. The highest BCUT2D eigenvalue weighted by atomic mass is 19.2. The third-order valence-corrected chi connectivity index (χ3v) is 2.90. The fraction of sp³-hybridized carbons (Fsp3) is 0.0714. The molecule has 2 aromatic carbocycles. The van der Waals surface area contributed by atoms with Crippen LogP contribution in [0.25, 0.3) is 0 Å². The first-order chi connectivity index (χ1) is 10.8. The molecule has 0 fully saturated rings. The molecule has 0 saturated heterocycles. The Morgan fingerprint density at radius 1 is 1.13 bits per heavy atom.